The fourth-order valence-electron chi connectivity index (χ4n) is 6.17. The van der Waals surface area contributed by atoms with E-state index >= 15 is 0 Å². The molecule has 1 aromatic rings. The number of amides is 1. The van der Waals surface area contributed by atoms with Crippen LogP contribution in [0.1, 0.15) is 57.4 Å². The Labute approximate surface area is 167 Å². The van der Waals surface area contributed by atoms with Gasteiger partial charge in [-0.25, -0.2) is 4.79 Å². The van der Waals surface area contributed by atoms with Gasteiger partial charge in [0.15, 0.2) is 0 Å². The summed E-state index contributed by atoms with van der Waals surface area (Å²) in [5.74, 6) is 1.02. The molecule has 0 saturated heterocycles. The van der Waals surface area contributed by atoms with E-state index in [1.165, 1.54) is 19.3 Å². The van der Waals surface area contributed by atoms with E-state index in [4.69, 9.17) is 9.47 Å². The molecular weight excluding hydrogens is 354 g/mol. The molecule has 4 rings (SSSR count). The summed E-state index contributed by atoms with van der Waals surface area (Å²) in [6.45, 7) is 2.58. The molecule has 0 radical (unpaired) electrons. The smallest absolute Gasteiger partial charge is 0.407 e. The van der Waals surface area contributed by atoms with Crippen LogP contribution >= 0.6 is 0 Å². The molecule has 3 aliphatic rings. The van der Waals surface area contributed by atoms with Crippen LogP contribution in [0.5, 0.6) is 0 Å². The Bertz CT molecular complexity index is 706. The number of fused-ring (bicyclic) bond motifs is 3. The summed E-state index contributed by atoms with van der Waals surface area (Å²) in [5.41, 5.74) is 1.02. The van der Waals surface area contributed by atoms with Gasteiger partial charge in [-0.05, 0) is 68.3 Å². The highest BCUT2D eigenvalue weighted by molar-refractivity contribution is 5.73. The minimum absolute atomic E-state index is 0.0299. The molecule has 28 heavy (non-hydrogen) atoms. The summed E-state index contributed by atoms with van der Waals surface area (Å²) in [6, 6.07) is 9.87. The van der Waals surface area contributed by atoms with Crippen LogP contribution < -0.4 is 5.32 Å². The van der Waals surface area contributed by atoms with Crippen molar-refractivity contribution < 1.29 is 19.1 Å². The van der Waals surface area contributed by atoms with Crippen LogP contribution in [-0.4, -0.2) is 24.7 Å². The Kier molecular flexibility index (Phi) is 5.61. The average molecular weight is 386 g/mol. The highest BCUT2D eigenvalue weighted by atomic mass is 16.5. The average Bonchev–Trinajstić information content (AvgIpc) is 3.30. The molecule has 1 amide bonds. The predicted octanol–water partition coefficient (Wildman–Crippen LogP) is 4.45. The lowest BCUT2D eigenvalue weighted by molar-refractivity contribution is -0.151. The van der Waals surface area contributed by atoms with E-state index in [-0.39, 0.29) is 36.0 Å². The lowest BCUT2D eigenvalue weighted by Crippen LogP contribution is -2.54. The number of esters is 1. The molecule has 5 nitrogen and oxygen atoms in total. The molecule has 1 N–H and O–H groups in total. The van der Waals surface area contributed by atoms with Gasteiger partial charge in [-0.2, -0.15) is 0 Å². The number of ether oxygens (including phenoxy) is 2. The molecule has 0 aliphatic heterocycles. The molecule has 1 spiro atoms. The Balaban J connectivity index is 1.43. The third-order valence-electron chi connectivity index (χ3n) is 7.30. The topological polar surface area (TPSA) is 64.6 Å². The molecule has 3 saturated carbocycles. The van der Waals surface area contributed by atoms with Gasteiger partial charge in [-0.3, -0.25) is 4.79 Å². The van der Waals surface area contributed by atoms with Crippen molar-refractivity contribution >= 4 is 12.1 Å². The first-order valence-electron chi connectivity index (χ1n) is 10.8. The number of hydrogen-bond acceptors (Lipinski definition) is 4. The van der Waals surface area contributed by atoms with Crippen molar-refractivity contribution in [1.29, 1.82) is 0 Å². The second kappa shape index (κ2) is 8.14. The van der Waals surface area contributed by atoms with E-state index in [9.17, 15) is 9.59 Å². The number of carbonyl (C=O) groups is 2. The summed E-state index contributed by atoms with van der Waals surface area (Å²) in [4.78, 5) is 25.0. The van der Waals surface area contributed by atoms with Crippen molar-refractivity contribution in [1.82, 2.24) is 5.32 Å². The maximum atomic E-state index is 12.6. The first-order valence-corrected chi connectivity index (χ1v) is 10.8. The van der Waals surface area contributed by atoms with Crippen LogP contribution in [0, 0.1) is 23.2 Å². The largest absolute Gasteiger partial charge is 0.466 e. The van der Waals surface area contributed by atoms with Gasteiger partial charge in [0.05, 0.1) is 12.5 Å². The van der Waals surface area contributed by atoms with Crippen molar-refractivity contribution in [2.75, 3.05) is 6.61 Å². The zero-order chi connectivity index (χ0) is 19.6. The molecule has 3 aliphatic carbocycles. The SMILES string of the molecule is CCOC(=O)[C@H]1CCC[C@@]2(C1)[C@H]1CC[C@H](C1)[C@H]2NC(=O)OCc1ccccc1. The third kappa shape index (κ3) is 3.63. The standard InChI is InChI=1S/C23H31NO4/c1-2-27-21(25)18-9-6-12-23(14-18)19-11-10-17(13-19)20(23)24-22(26)28-15-16-7-4-3-5-8-16/h3-5,7-8,17-20H,2,6,9-15H2,1H3,(H,24,26)/t17-,18+,19+,20-,23-/m1/s1. The summed E-state index contributed by atoms with van der Waals surface area (Å²) in [5, 5.41) is 3.22. The highest BCUT2D eigenvalue weighted by Crippen LogP contribution is 2.62. The normalized spacial score (nSPS) is 33.6. The number of alkyl carbamates (subject to hydrolysis) is 1. The molecule has 0 aromatic heterocycles. The van der Waals surface area contributed by atoms with Gasteiger partial charge in [0.25, 0.3) is 0 Å². The molecular formula is C23H31NO4. The number of benzene rings is 1. The van der Waals surface area contributed by atoms with Gasteiger partial charge in [-0.1, -0.05) is 36.8 Å². The lowest BCUT2D eigenvalue weighted by Gasteiger charge is -2.48. The quantitative estimate of drug-likeness (QED) is 0.761. The zero-order valence-corrected chi connectivity index (χ0v) is 16.7. The van der Waals surface area contributed by atoms with Crippen LogP contribution in [0.25, 0.3) is 0 Å². The highest BCUT2D eigenvalue weighted by Gasteiger charge is 2.60. The second-order valence-corrected chi connectivity index (χ2v) is 8.73. The maximum absolute atomic E-state index is 12.6. The Morgan fingerprint density at radius 3 is 2.75 bits per heavy atom. The Morgan fingerprint density at radius 1 is 1.14 bits per heavy atom. The number of carbonyl (C=O) groups excluding carboxylic acids is 2. The zero-order valence-electron chi connectivity index (χ0n) is 16.7. The molecule has 5 atom stereocenters. The van der Waals surface area contributed by atoms with E-state index in [0.29, 0.717) is 18.4 Å². The van der Waals surface area contributed by atoms with E-state index < -0.39 is 0 Å². The first-order chi connectivity index (χ1) is 13.6. The summed E-state index contributed by atoms with van der Waals surface area (Å²) >= 11 is 0. The minimum Gasteiger partial charge on any atom is -0.466 e. The number of nitrogens with one attached hydrogen (secondary N) is 1. The maximum Gasteiger partial charge on any atom is 0.407 e. The molecule has 152 valence electrons. The fourth-order valence-corrected chi connectivity index (χ4v) is 6.17. The van der Waals surface area contributed by atoms with Crippen LogP contribution in [0.3, 0.4) is 0 Å². The van der Waals surface area contributed by atoms with Crippen LogP contribution in [0.4, 0.5) is 4.79 Å². The third-order valence-corrected chi connectivity index (χ3v) is 7.30. The van der Waals surface area contributed by atoms with E-state index in [0.717, 1.165) is 31.2 Å². The van der Waals surface area contributed by atoms with Crippen molar-refractivity contribution in [2.45, 2.75) is 64.5 Å². The number of hydrogen-bond donors (Lipinski definition) is 1. The van der Waals surface area contributed by atoms with Gasteiger partial charge in [-0.15, -0.1) is 0 Å². The van der Waals surface area contributed by atoms with E-state index in [1.807, 2.05) is 37.3 Å². The summed E-state index contributed by atoms with van der Waals surface area (Å²) in [7, 11) is 0. The van der Waals surface area contributed by atoms with Gasteiger partial charge in [0.1, 0.15) is 6.61 Å². The molecule has 3 fully saturated rings. The van der Waals surface area contributed by atoms with Gasteiger partial charge < -0.3 is 14.8 Å². The molecule has 5 heteroatoms. The van der Waals surface area contributed by atoms with Gasteiger partial charge in [0.2, 0.25) is 0 Å². The van der Waals surface area contributed by atoms with E-state index in [1.54, 1.807) is 0 Å². The first kappa shape index (κ1) is 19.3. The van der Waals surface area contributed by atoms with Gasteiger partial charge in [0, 0.05) is 6.04 Å². The molecule has 0 heterocycles. The second-order valence-electron chi connectivity index (χ2n) is 8.73. The minimum atomic E-state index is -0.334. The van der Waals surface area contributed by atoms with Gasteiger partial charge >= 0.3 is 12.1 Å². The fraction of sp³-hybridized carbons (Fsp3) is 0.652. The Hall–Kier alpha value is -2.04. The molecule has 2 bridgehead atoms. The van der Waals surface area contributed by atoms with Crippen molar-refractivity contribution in [3.8, 4) is 0 Å². The number of rotatable bonds is 5. The molecule has 0 unspecified atom stereocenters. The predicted molar refractivity (Wildman–Crippen MR) is 105 cm³/mol. The van der Waals surface area contributed by atoms with Crippen molar-refractivity contribution in [3.63, 3.8) is 0 Å². The van der Waals surface area contributed by atoms with E-state index in [2.05, 4.69) is 5.32 Å². The van der Waals surface area contributed by atoms with Crippen LogP contribution in [0.2, 0.25) is 0 Å². The lowest BCUT2D eigenvalue weighted by atomic mass is 9.59. The van der Waals surface area contributed by atoms with Crippen molar-refractivity contribution in [3.05, 3.63) is 35.9 Å². The monoisotopic (exact) mass is 385 g/mol. The Morgan fingerprint density at radius 2 is 1.96 bits per heavy atom. The molecule has 1 aromatic carbocycles. The van der Waals surface area contributed by atoms with Crippen LogP contribution in [-0.2, 0) is 20.9 Å². The van der Waals surface area contributed by atoms with Crippen molar-refractivity contribution in [2.24, 2.45) is 23.2 Å². The summed E-state index contributed by atoms with van der Waals surface area (Å²) < 4.78 is 10.8. The summed E-state index contributed by atoms with van der Waals surface area (Å²) in [6.07, 6.45) is 7.09. The van der Waals surface area contributed by atoms with Crippen LogP contribution in [0.15, 0.2) is 30.3 Å².